The highest BCUT2D eigenvalue weighted by Crippen LogP contribution is 2.35. The number of hydrogen-bond donors (Lipinski definition) is 0. The Hall–Kier alpha value is -0.530. The van der Waals surface area contributed by atoms with Gasteiger partial charge in [0.15, 0.2) is 0 Å². The highest BCUT2D eigenvalue weighted by molar-refractivity contribution is 6.31. The molecule has 1 aromatic carbocycles. The lowest BCUT2D eigenvalue weighted by molar-refractivity contribution is 0.208. The molecule has 2 heteroatoms. The van der Waals surface area contributed by atoms with Gasteiger partial charge in [-0.15, -0.1) is 0 Å². The Morgan fingerprint density at radius 2 is 1.83 bits per heavy atom. The van der Waals surface area contributed by atoms with Gasteiger partial charge in [-0.25, -0.2) is 0 Å². The molecule has 99 valence electrons. The monoisotopic (exact) mass is 264 g/mol. The number of nitrogens with zero attached hydrogens (tertiary/aromatic N) is 1. The Kier molecular flexibility index (Phi) is 4.34. The summed E-state index contributed by atoms with van der Waals surface area (Å²) in [7, 11) is 2.20. The van der Waals surface area contributed by atoms with Crippen LogP contribution in [0.15, 0.2) is 12.1 Å². The van der Waals surface area contributed by atoms with Gasteiger partial charge in [0, 0.05) is 5.02 Å². The quantitative estimate of drug-likeness (QED) is 0.773. The van der Waals surface area contributed by atoms with Gasteiger partial charge in [0.2, 0.25) is 0 Å². The second-order valence-corrected chi connectivity index (χ2v) is 6.11. The molecule has 1 heterocycles. The van der Waals surface area contributed by atoms with Crippen LogP contribution in [0.25, 0.3) is 0 Å². The van der Waals surface area contributed by atoms with Crippen LogP contribution in [-0.2, 0) is 0 Å². The lowest BCUT2D eigenvalue weighted by Gasteiger charge is -2.33. The van der Waals surface area contributed by atoms with Crippen LogP contribution >= 0.6 is 11.6 Å². The van der Waals surface area contributed by atoms with Gasteiger partial charge >= 0.3 is 0 Å². The maximum Gasteiger partial charge on any atom is 0.0438 e. The molecule has 1 aromatic rings. The summed E-state index contributed by atoms with van der Waals surface area (Å²) in [4.78, 5) is 2.41. The van der Waals surface area contributed by atoms with Crippen molar-refractivity contribution in [3.63, 3.8) is 0 Å². The van der Waals surface area contributed by atoms with Crippen molar-refractivity contribution in [2.24, 2.45) is 5.92 Å². The first-order chi connectivity index (χ1) is 8.49. The molecule has 0 spiro atoms. The highest BCUT2D eigenvalue weighted by atomic mass is 35.5. The van der Waals surface area contributed by atoms with E-state index in [0.717, 1.165) is 5.02 Å². The molecule has 0 amide bonds. The van der Waals surface area contributed by atoms with E-state index in [1.165, 1.54) is 42.6 Å². The molecule has 1 aliphatic heterocycles. The zero-order valence-corrected chi connectivity index (χ0v) is 12.4. The Labute approximate surface area is 116 Å². The largest absolute Gasteiger partial charge is 0.306 e. The van der Waals surface area contributed by atoms with Gasteiger partial charge in [-0.1, -0.05) is 17.7 Å². The molecule has 0 saturated carbocycles. The van der Waals surface area contributed by atoms with Gasteiger partial charge in [0.25, 0.3) is 0 Å². The van der Waals surface area contributed by atoms with E-state index in [1.54, 1.807) is 0 Å². The van der Waals surface area contributed by atoms with Crippen LogP contribution in [0.4, 0.5) is 0 Å². The van der Waals surface area contributed by atoms with Crippen LogP contribution in [0.5, 0.6) is 0 Å². The predicted molar refractivity (Wildman–Crippen MR) is 79.2 cm³/mol. The smallest absolute Gasteiger partial charge is 0.0438 e. The zero-order valence-electron chi connectivity index (χ0n) is 11.7. The summed E-state index contributed by atoms with van der Waals surface area (Å²) in [5.41, 5.74) is 3.83. The van der Waals surface area contributed by atoms with Crippen molar-refractivity contribution in [2.45, 2.75) is 32.6 Å². The van der Waals surface area contributed by atoms with E-state index in [4.69, 9.17) is 11.6 Å². The van der Waals surface area contributed by atoms with Crippen LogP contribution < -0.4 is 0 Å². The fourth-order valence-corrected chi connectivity index (χ4v) is 3.11. The van der Waals surface area contributed by atoms with E-state index in [1.807, 2.05) is 0 Å². The van der Waals surface area contributed by atoms with Crippen molar-refractivity contribution in [2.75, 3.05) is 20.1 Å². The Bertz CT molecular complexity index is 419. The zero-order chi connectivity index (χ0) is 13.3. The highest BCUT2D eigenvalue weighted by Gasteiger charge is 2.24. The number of piperidine rings is 1. The summed E-state index contributed by atoms with van der Waals surface area (Å²) >= 11 is 6.17. The van der Waals surface area contributed by atoms with Gasteiger partial charge in [0.05, 0.1) is 0 Å². The predicted octanol–water partition coefficient (Wildman–Crippen LogP) is 4.22. The van der Waals surface area contributed by atoms with Crippen LogP contribution in [-0.4, -0.2) is 25.0 Å². The Morgan fingerprint density at radius 1 is 1.22 bits per heavy atom. The van der Waals surface area contributed by atoms with E-state index >= 15 is 0 Å². The van der Waals surface area contributed by atoms with Gasteiger partial charge in [-0.2, -0.15) is 0 Å². The van der Waals surface area contributed by atoms with Crippen molar-refractivity contribution in [3.05, 3.63) is 40.8 Å². The van der Waals surface area contributed by atoms with Crippen LogP contribution in [0.2, 0.25) is 5.02 Å². The van der Waals surface area contributed by atoms with E-state index in [-0.39, 0.29) is 0 Å². The number of rotatable bonds is 2. The molecule has 2 rings (SSSR count). The second kappa shape index (κ2) is 5.63. The average Bonchev–Trinajstić information content (AvgIpc) is 2.34. The van der Waals surface area contributed by atoms with E-state index in [9.17, 15) is 0 Å². The maximum absolute atomic E-state index is 6.17. The second-order valence-electron chi connectivity index (χ2n) is 5.71. The minimum absolute atomic E-state index is 0.398. The topological polar surface area (TPSA) is 3.24 Å². The summed E-state index contributed by atoms with van der Waals surface area (Å²) in [5, 5.41) is 0.867. The number of benzene rings is 1. The number of likely N-dealkylation sites (tertiary alicyclic amines) is 1. The SMILES string of the molecule is [CH2][C@@H](c1cc(C)c(Cl)cc1C)C1CCN(C)CC1. The molecule has 1 fully saturated rings. The van der Waals surface area contributed by atoms with Gasteiger partial charge in [-0.05, 0) is 88.3 Å². The summed E-state index contributed by atoms with van der Waals surface area (Å²) in [6.07, 6.45) is 2.51. The third kappa shape index (κ3) is 2.89. The lowest BCUT2D eigenvalue weighted by atomic mass is 9.79. The molecule has 0 bridgehead atoms. The fraction of sp³-hybridized carbons (Fsp3) is 0.562. The van der Waals surface area contributed by atoms with Crippen LogP contribution in [0.3, 0.4) is 0 Å². The third-order valence-corrected chi connectivity index (χ3v) is 4.69. The van der Waals surface area contributed by atoms with Crippen molar-refractivity contribution in [1.29, 1.82) is 0 Å². The molecule has 0 aromatic heterocycles. The minimum atomic E-state index is 0.398. The molecular weight excluding hydrogens is 242 g/mol. The first kappa shape index (κ1) is 13.9. The van der Waals surface area contributed by atoms with E-state index < -0.39 is 0 Å². The van der Waals surface area contributed by atoms with Crippen molar-refractivity contribution in [1.82, 2.24) is 4.90 Å². The first-order valence-corrected chi connectivity index (χ1v) is 7.15. The molecule has 1 aliphatic rings. The molecule has 0 aliphatic carbocycles. The number of hydrogen-bond acceptors (Lipinski definition) is 1. The molecule has 18 heavy (non-hydrogen) atoms. The Balaban J connectivity index is 2.18. The third-order valence-electron chi connectivity index (χ3n) is 4.28. The molecule has 1 nitrogen and oxygen atoms in total. The molecule has 0 N–H and O–H groups in total. The Morgan fingerprint density at radius 3 is 2.44 bits per heavy atom. The molecule has 1 radical (unpaired) electrons. The number of aryl methyl sites for hydroxylation is 2. The summed E-state index contributed by atoms with van der Waals surface area (Å²) in [6, 6.07) is 4.31. The minimum Gasteiger partial charge on any atom is -0.306 e. The van der Waals surface area contributed by atoms with Crippen LogP contribution in [0.1, 0.15) is 35.4 Å². The normalized spacial score (nSPS) is 20.1. The molecule has 1 atom stereocenters. The summed E-state index contributed by atoms with van der Waals surface area (Å²) in [6.45, 7) is 11.0. The molecule has 1 saturated heterocycles. The average molecular weight is 265 g/mol. The van der Waals surface area contributed by atoms with E-state index in [0.29, 0.717) is 11.8 Å². The van der Waals surface area contributed by atoms with Gasteiger partial charge in [-0.3, -0.25) is 0 Å². The summed E-state index contributed by atoms with van der Waals surface area (Å²) < 4.78 is 0. The number of halogens is 1. The van der Waals surface area contributed by atoms with Crippen LogP contribution in [0, 0.1) is 26.7 Å². The first-order valence-electron chi connectivity index (χ1n) is 6.77. The van der Waals surface area contributed by atoms with Gasteiger partial charge in [0.1, 0.15) is 0 Å². The van der Waals surface area contributed by atoms with Gasteiger partial charge < -0.3 is 4.90 Å². The lowest BCUT2D eigenvalue weighted by Crippen LogP contribution is -2.32. The summed E-state index contributed by atoms with van der Waals surface area (Å²) in [5.74, 6) is 1.11. The van der Waals surface area contributed by atoms with E-state index in [2.05, 4.69) is 44.9 Å². The van der Waals surface area contributed by atoms with Crippen molar-refractivity contribution in [3.8, 4) is 0 Å². The molecule has 0 unspecified atom stereocenters. The maximum atomic E-state index is 6.17. The molecular formula is C16H23ClN. The standard InChI is InChI=1S/C16H23ClN/c1-11-10-16(17)12(2)9-15(11)13(3)14-5-7-18(4)8-6-14/h9-10,13-14H,3,5-8H2,1-2,4H3/t13-/m1/s1. The van der Waals surface area contributed by atoms with Crippen molar-refractivity contribution < 1.29 is 0 Å². The fourth-order valence-electron chi connectivity index (χ4n) is 2.89. The van der Waals surface area contributed by atoms with Crippen molar-refractivity contribution >= 4 is 11.6 Å².